The first-order chi connectivity index (χ1) is 19.0. The molecule has 198 valence electrons. The van der Waals surface area contributed by atoms with Gasteiger partial charge in [0.25, 0.3) is 0 Å². The number of ether oxygens (including phenoxy) is 2. The number of anilines is 1. The monoisotopic (exact) mass is 525 g/mol. The van der Waals surface area contributed by atoms with E-state index in [1.54, 1.807) is 24.7 Å². The van der Waals surface area contributed by atoms with E-state index in [0.29, 0.717) is 34.8 Å². The molecule has 2 aromatic carbocycles. The Balaban J connectivity index is 1.22. The van der Waals surface area contributed by atoms with Crippen molar-refractivity contribution in [1.82, 2.24) is 29.7 Å². The summed E-state index contributed by atoms with van der Waals surface area (Å²) < 4.78 is 28.1. The zero-order valence-corrected chi connectivity index (χ0v) is 21.5. The molecular formula is C29H28FN7O2. The number of nitrogen functional groups attached to an aromatic ring is 1. The molecule has 9 nitrogen and oxygen atoms in total. The fourth-order valence-corrected chi connectivity index (χ4v) is 4.81. The summed E-state index contributed by atoms with van der Waals surface area (Å²) >= 11 is 0. The normalized spacial score (nSPS) is 15.4. The van der Waals surface area contributed by atoms with E-state index in [1.165, 1.54) is 12.1 Å². The Hall–Kier alpha value is -4.57. The lowest BCUT2D eigenvalue weighted by molar-refractivity contribution is 0.301. The summed E-state index contributed by atoms with van der Waals surface area (Å²) in [7, 11) is 0. The van der Waals surface area contributed by atoms with E-state index in [-0.39, 0.29) is 6.61 Å². The van der Waals surface area contributed by atoms with Gasteiger partial charge < -0.3 is 20.5 Å². The van der Waals surface area contributed by atoms with Crippen molar-refractivity contribution in [2.75, 3.05) is 18.8 Å². The lowest BCUT2D eigenvalue weighted by Crippen LogP contribution is -2.29. The number of aryl methyl sites for hydroxylation is 1. The van der Waals surface area contributed by atoms with Crippen LogP contribution in [0.4, 0.5) is 10.2 Å². The molecule has 6 rings (SSSR count). The Morgan fingerprint density at radius 3 is 2.62 bits per heavy atom. The minimum atomic E-state index is -0.462. The SMILES string of the molecule is Cc1ncc(COc2cc(F)cc(Oc3ccc(-c4nc(C5CCCNC5)n5ccnc(N)c45)cc3)c2)cn1. The lowest BCUT2D eigenvalue weighted by atomic mass is 9.99. The Labute approximate surface area is 224 Å². The summed E-state index contributed by atoms with van der Waals surface area (Å²) in [5.74, 6) is 3.14. The fourth-order valence-electron chi connectivity index (χ4n) is 4.81. The molecule has 0 saturated carbocycles. The van der Waals surface area contributed by atoms with E-state index in [2.05, 4.69) is 24.7 Å². The first kappa shape index (κ1) is 24.7. The molecule has 3 N–H and O–H groups in total. The number of nitrogens with one attached hydrogen (secondary N) is 1. The van der Waals surface area contributed by atoms with E-state index >= 15 is 0 Å². The van der Waals surface area contributed by atoms with Gasteiger partial charge in [0.1, 0.15) is 58.3 Å². The van der Waals surface area contributed by atoms with Crippen LogP contribution in [0.5, 0.6) is 17.2 Å². The van der Waals surface area contributed by atoms with Gasteiger partial charge in [-0.3, -0.25) is 4.40 Å². The zero-order valence-electron chi connectivity index (χ0n) is 21.5. The molecule has 1 aliphatic rings. The number of fused-ring (bicyclic) bond motifs is 1. The van der Waals surface area contributed by atoms with Crippen molar-refractivity contribution in [2.24, 2.45) is 0 Å². The van der Waals surface area contributed by atoms with Crippen molar-refractivity contribution in [3.05, 3.63) is 90.3 Å². The van der Waals surface area contributed by atoms with E-state index in [1.807, 2.05) is 37.4 Å². The number of imidazole rings is 1. The third-order valence-corrected chi connectivity index (χ3v) is 6.72. The average Bonchev–Trinajstić information content (AvgIpc) is 3.34. The topological polar surface area (TPSA) is 112 Å². The van der Waals surface area contributed by atoms with Gasteiger partial charge in [0.05, 0.1) is 0 Å². The van der Waals surface area contributed by atoms with Gasteiger partial charge >= 0.3 is 0 Å². The molecule has 5 aromatic rings. The molecule has 0 radical (unpaired) electrons. The van der Waals surface area contributed by atoms with Crippen molar-refractivity contribution >= 4 is 11.3 Å². The summed E-state index contributed by atoms with van der Waals surface area (Å²) in [4.78, 5) is 17.6. The molecule has 1 saturated heterocycles. The lowest BCUT2D eigenvalue weighted by Gasteiger charge is -2.21. The van der Waals surface area contributed by atoms with Crippen molar-refractivity contribution in [2.45, 2.75) is 32.3 Å². The number of hydrogen-bond acceptors (Lipinski definition) is 8. The number of piperidine rings is 1. The highest BCUT2D eigenvalue weighted by atomic mass is 19.1. The van der Waals surface area contributed by atoms with Crippen LogP contribution in [0.1, 0.15) is 36.0 Å². The van der Waals surface area contributed by atoms with Gasteiger partial charge in [0.2, 0.25) is 0 Å². The Morgan fingerprint density at radius 2 is 1.85 bits per heavy atom. The number of rotatable bonds is 7. The Morgan fingerprint density at radius 1 is 1.05 bits per heavy atom. The molecule has 1 aliphatic heterocycles. The molecule has 1 unspecified atom stereocenters. The maximum absolute atomic E-state index is 14.3. The largest absolute Gasteiger partial charge is 0.489 e. The van der Waals surface area contributed by atoms with E-state index in [0.717, 1.165) is 54.1 Å². The van der Waals surface area contributed by atoms with Gasteiger partial charge in [-0.2, -0.15) is 0 Å². The average molecular weight is 526 g/mol. The van der Waals surface area contributed by atoms with Crippen molar-refractivity contribution in [3.8, 4) is 28.5 Å². The standard InChI is InChI=1S/C29H28FN7O2/c1-18-34-14-19(15-35-18)17-38-24-11-22(30)12-25(13-24)39-23-6-4-20(5-7-23)26-27-28(31)33-9-10-37(27)29(36-26)21-3-2-8-32-16-21/h4-7,9-15,21,32H,2-3,8,16-17H2,1H3,(H2,31,33). The number of aromatic nitrogens is 5. The summed E-state index contributed by atoms with van der Waals surface area (Å²) in [6.45, 7) is 3.93. The van der Waals surface area contributed by atoms with Crippen LogP contribution in [0.3, 0.4) is 0 Å². The van der Waals surface area contributed by atoms with Gasteiger partial charge in [0.15, 0.2) is 0 Å². The number of halogens is 1. The van der Waals surface area contributed by atoms with Crippen LogP contribution < -0.4 is 20.5 Å². The number of nitrogens with two attached hydrogens (primary N) is 1. The number of nitrogens with zero attached hydrogens (tertiary/aromatic N) is 5. The molecular weight excluding hydrogens is 497 g/mol. The van der Waals surface area contributed by atoms with Crippen LogP contribution in [0, 0.1) is 12.7 Å². The van der Waals surface area contributed by atoms with E-state index in [9.17, 15) is 4.39 Å². The van der Waals surface area contributed by atoms with Crippen LogP contribution in [0.15, 0.2) is 67.3 Å². The minimum absolute atomic E-state index is 0.216. The van der Waals surface area contributed by atoms with E-state index < -0.39 is 5.82 Å². The Kier molecular flexibility index (Phi) is 6.76. The first-order valence-electron chi connectivity index (χ1n) is 12.9. The highest BCUT2D eigenvalue weighted by Crippen LogP contribution is 2.34. The van der Waals surface area contributed by atoms with Crippen molar-refractivity contribution in [3.63, 3.8) is 0 Å². The molecule has 0 aliphatic carbocycles. The molecule has 39 heavy (non-hydrogen) atoms. The first-order valence-corrected chi connectivity index (χ1v) is 12.9. The quantitative estimate of drug-likeness (QED) is 0.303. The summed E-state index contributed by atoms with van der Waals surface area (Å²) in [6.07, 6.45) is 9.16. The molecule has 0 bridgehead atoms. The molecule has 1 atom stereocenters. The van der Waals surface area contributed by atoms with Gasteiger partial charge in [-0.05, 0) is 50.6 Å². The number of hydrogen-bond donors (Lipinski definition) is 2. The fraction of sp³-hybridized carbons (Fsp3) is 0.241. The van der Waals surface area contributed by atoms with Gasteiger partial charge in [-0.15, -0.1) is 0 Å². The predicted octanol–water partition coefficient (Wildman–Crippen LogP) is 5.05. The van der Waals surface area contributed by atoms with Crippen LogP contribution >= 0.6 is 0 Å². The van der Waals surface area contributed by atoms with Crippen LogP contribution in [-0.2, 0) is 6.61 Å². The zero-order chi connectivity index (χ0) is 26.8. The second-order valence-electron chi connectivity index (χ2n) is 9.57. The van der Waals surface area contributed by atoms with Crippen molar-refractivity contribution < 1.29 is 13.9 Å². The van der Waals surface area contributed by atoms with Gasteiger partial charge in [0, 0.05) is 66.6 Å². The second-order valence-corrected chi connectivity index (χ2v) is 9.57. The van der Waals surface area contributed by atoms with E-state index in [4.69, 9.17) is 20.2 Å². The highest BCUT2D eigenvalue weighted by Gasteiger charge is 2.24. The van der Waals surface area contributed by atoms with Crippen LogP contribution in [0.25, 0.3) is 16.8 Å². The maximum atomic E-state index is 14.3. The molecule has 0 amide bonds. The van der Waals surface area contributed by atoms with Crippen molar-refractivity contribution in [1.29, 1.82) is 0 Å². The third-order valence-electron chi connectivity index (χ3n) is 6.72. The smallest absolute Gasteiger partial charge is 0.150 e. The minimum Gasteiger partial charge on any atom is -0.489 e. The summed E-state index contributed by atoms with van der Waals surface area (Å²) in [6, 6.07) is 11.8. The molecule has 1 fully saturated rings. The van der Waals surface area contributed by atoms with Crippen LogP contribution in [-0.4, -0.2) is 37.4 Å². The van der Waals surface area contributed by atoms with Crippen LogP contribution in [0.2, 0.25) is 0 Å². The second kappa shape index (κ2) is 10.7. The van der Waals surface area contributed by atoms with Gasteiger partial charge in [-0.1, -0.05) is 0 Å². The highest BCUT2D eigenvalue weighted by molar-refractivity contribution is 5.85. The van der Waals surface area contributed by atoms with Gasteiger partial charge in [-0.25, -0.2) is 24.3 Å². The summed E-state index contributed by atoms with van der Waals surface area (Å²) in [5.41, 5.74) is 9.53. The molecule has 4 heterocycles. The molecule has 0 spiro atoms. The summed E-state index contributed by atoms with van der Waals surface area (Å²) in [5, 5.41) is 3.46. The third kappa shape index (κ3) is 5.37. The number of benzene rings is 2. The predicted molar refractivity (Wildman–Crippen MR) is 145 cm³/mol. The molecule has 3 aromatic heterocycles. The maximum Gasteiger partial charge on any atom is 0.150 e. The molecule has 10 heteroatoms. The Bertz CT molecular complexity index is 1600.